The van der Waals surface area contributed by atoms with Gasteiger partial charge in [-0.3, -0.25) is 0 Å². The average Bonchev–Trinajstić information content (AvgIpc) is 2.16. The first-order valence-corrected chi connectivity index (χ1v) is 6.44. The van der Waals surface area contributed by atoms with E-state index >= 15 is 0 Å². The smallest absolute Gasteiger partial charge is 0.223 e. The molecule has 0 N–H and O–H groups in total. The molecule has 5 heteroatoms. The molecule has 1 rings (SSSR count). The third-order valence-corrected chi connectivity index (χ3v) is 4.87. The van der Waals surface area contributed by atoms with Crippen LogP contribution < -0.4 is 0 Å². The summed E-state index contributed by atoms with van der Waals surface area (Å²) < 4.78 is 10.9. The first-order chi connectivity index (χ1) is 6.52. The lowest BCUT2D eigenvalue weighted by Crippen LogP contribution is -2.21. The van der Waals surface area contributed by atoms with E-state index in [0.29, 0.717) is 4.90 Å². The van der Waals surface area contributed by atoms with Gasteiger partial charge < -0.3 is 4.55 Å². The van der Waals surface area contributed by atoms with Gasteiger partial charge in [-0.2, -0.15) is 0 Å². The van der Waals surface area contributed by atoms with E-state index in [1.807, 2.05) is 19.1 Å². The summed E-state index contributed by atoms with van der Waals surface area (Å²) >= 11 is 15.5. The minimum atomic E-state index is -1.36. The van der Waals surface area contributed by atoms with Crippen LogP contribution in [0.1, 0.15) is 5.56 Å². The third-order valence-electron chi connectivity index (χ3n) is 1.66. The van der Waals surface area contributed by atoms with Crippen LogP contribution in [0.2, 0.25) is 0 Å². The SMILES string of the molecule is Cc1ccc([S+]([O-])C(Cl)C(Cl)Cl)cc1. The molecule has 0 saturated carbocycles. The lowest BCUT2D eigenvalue weighted by Gasteiger charge is -2.16. The highest BCUT2D eigenvalue weighted by Gasteiger charge is 2.28. The Morgan fingerprint density at radius 1 is 1.14 bits per heavy atom. The van der Waals surface area contributed by atoms with E-state index in [0.717, 1.165) is 5.56 Å². The number of benzene rings is 1. The fraction of sp³-hybridized carbons (Fsp3) is 0.333. The number of aryl methyl sites for hydroxylation is 1. The standard InChI is InChI=1S/C9H9Cl3OS/c1-6-2-4-7(5-3-6)14(13)9(12)8(10)11/h2-5,8-9H,1H3. The Morgan fingerprint density at radius 2 is 1.64 bits per heavy atom. The summed E-state index contributed by atoms with van der Waals surface area (Å²) in [5, 5.41) is 0. The molecule has 0 spiro atoms. The zero-order chi connectivity index (χ0) is 10.7. The number of rotatable bonds is 3. The Kier molecular flexibility index (Phi) is 4.88. The quantitative estimate of drug-likeness (QED) is 0.610. The normalized spacial score (nSPS) is 15.6. The van der Waals surface area contributed by atoms with Crippen LogP contribution in [0.5, 0.6) is 0 Å². The van der Waals surface area contributed by atoms with E-state index in [9.17, 15) is 4.55 Å². The lowest BCUT2D eigenvalue weighted by atomic mass is 10.2. The Hall–Kier alpha value is 0.400. The molecular formula is C9H9Cl3OS. The van der Waals surface area contributed by atoms with Gasteiger partial charge in [0.15, 0.2) is 9.73 Å². The van der Waals surface area contributed by atoms with E-state index in [1.165, 1.54) is 0 Å². The zero-order valence-electron chi connectivity index (χ0n) is 7.41. The Labute approximate surface area is 102 Å². The molecule has 1 aromatic carbocycles. The first kappa shape index (κ1) is 12.5. The van der Waals surface area contributed by atoms with Gasteiger partial charge in [-0.1, -0.05) is 52.5 Å². The van der Waals surface area contributed by atoms with Crippen molar-refractivity contribution in [2.75, 3.05) is 0 Å². The molecule has 0 aromatic heterocycles. The van der Waals surface area contributed by atoms with Crippen molar-refractivity contribution in [2.45, 2.75) is 21.4 Å². The lowest BCUT2D eigenvalue weighted by molar-refractivity contribution is 0.592. The molecule has 14 heavy (non-hydrogen) atoms. The summed E-state index contributed by atoms with van der Waals surface area (Å²) in [6.07, 6.45) is 0. The van der Waals surface area contributed by atoms with Gasteiger partial charge in [-0.05, 0) is 19.1 Å². The van der Waals surface area contributed by atoms with Gasteiger partial charge in [0.1, 0.15) is 0 Å². The highest BCUT2D eigenvalue weighted by atomic mass is 35.5. The summed E-state index contributed by atoms with van der Waals surface area (Å²) in [6.45, 7) is 1.96. The van der Waals surface area contributed by atoms with Crippen molar-refractivity contribution in [2.24, 2.45) is 0 Å². The molecule has 78 valence electrons. The topological polar surface area (TPSA) is 23.1 Å². The molecule has 1 nitrogen and oxygen atoms in total. The maximum atomic E-state index is 11.7. The number of hydrogen-bond donors (Lipinski definition) is 0. The van der Waals surface area contributed by atoms with Crippen molar-refractivity contribution in [3.8, 4) is 0 Å². The number of hydrogen-bond acceptors (Lipinski definition) is 1. The fourth-order valence-electron chi connectivity index (χ4n) is 0.896. The summed E-state index contributed by atoms with van der Waals surface area (Å²) in [6, 6.07) is 7.26. The molecule has 2 atom stereocenters. The van der Waals surface area contributed by atoms with Crippen LogP contribution in [0.15, 0.2) is 29.2 Å². The number of halogens is 3. The van der Waals surface area contributed by atoms with Gasteiger partial charge >= 0.3 is 0 Å². The van der Waals surface area contributed by atoms with Crippen LogP contribution in [0.4, 0.5) is 0 Å². The molecular weight excluding hydrogens is 263 g/mol. The summed E-state index contributed by atoms with van der Waals surface area (Å²) in [5.74, 6) is 0. The first-order valence-electron chi connectivity index (χ1n) is 3.92. The van der Waals surface area contributed by atoms with Crippen molar-refractivity contribution in [3.05, 3.63) is 29.8 Å². The molecule has 0 amide bonds. The van der Waals surface area contributed by atoms with E-state index in [-0.39, 0.29) is 0 Å². The minimum Gasteiger partial charge on any atom is -0.610 e. The van der Waals surface area contributed by atoms with Gasteiger partial charge in [0.2, 0.25) is 4.71 Å². The molecule has 0 bridgehead atoms. The van der Waals surface area contributed by atoms with E-state index in [2.05, 4.69) is 0 Å². The summed E-state index contributed by atoms with van der Waals surface area (Å²) in [7, 11) is 0. The van der Waals surface area contributed by atoms with Crippen LogP contribution in [0.25, 0.3) is 0 Å². The van der Waals surface area contributed by atoms with Crippen LogP contribution in [0.3, 0.4) is 0 Å². The Balaban J connectivity index is 2.78. The van der Waals surface area contributed by atoms with Crippen molar-refractivity contribution in [3.63, 3.8) is 0 Å². The van der Waals surface area contributed by atoms with Crippen molar-refractivity contribution >= 4 is 46.0 Å². The monoisotopic (exact) mass is 270 g/mol. The fourth-order valence-corrected chi connectivity index (χ4v) is 2.62. The maximum Gasteiger partial charge on any atom is 0.223 e. The highest BCUT2D eigenvalue weighted by molar-refractivity contribution is 7.93. The molecule has 0 radical (unpaired) electrons. The molecule has 1 aromatic rings. The van der Waals surface area contributed by atoms with Gasteiger partial charge in [0.05, 0.1) is 0 Å². The van der Waals surface area contributed by atoms with Crippen LogP contribution in [-0.4, -0.2) is 14.1 Å². The molecule has 0 fully saturated rings. The minimum absolute atomic E-state index is 0.641. The van der Waals surface area contributed by atoms with Crippen LogP contribution in [-0.2, 0) is 11.2 Å². The number of alkyl halides is 3. The molecule has 0 aliphatic rings. The second kappa shape index (κ2) is 5.47. The molecule has 2 unspecified atom stereocenters. The molecule has 0 saturated heterocycles. The largest absolute Gasteiger partial charge is 0.610 e. The zero-order valence-corrected chi connectivity index (χ0v) is 10.5. The van der Waals surface area contributed by atoms with E-state index in [4.69, 9.17) is 34.8 Å². The van der Waals surface area contributed by atoms with Gasteiger partial charge in [0, 0.05) is 11.2 Å². The van der Waals surface area contributed by atoms with Crippen molar-refractivity contribution < 1.29 is 4.55 Å². The Bertz CT molecular complexity index is 289. The second-order valence-corrected chi connectivity index (χ2v) is 6.26. The molecule has 0 aliphatic carbocycles. The van der Waals surface area contributed by atoms with Gasteiger partial charge in [0.25, 0.3) is 0 Å². The van der Waals surface area contributed by atoms with Crippen LogP contribution >= 0.6 is 34.8 Å². The van der Waals surface area contributed by atoms with Crippen molar-refractivity contribution in [1.82, 2.24) is 0 Å². The third kappa shape index (κ3) is 3.21. The predicted octanol–water partition coefficient (Wildman–Crippen LogP) is 3.47. The van der Waals surface area contributed by atoms with Gasteiger partial charge in [-0.15, -0.1) is 0 Å². The molecule has 0 heterocycles. The summed E-state index contributed by atoms with van der Waals surface area (Å²) in [5.41, 5.74) is 1.10. The van der Waals surface area contributed by atoms with Crippen LogP contribution in [0, 0.1) is 6.92 Å². The van der Waals surface area contributed by atoms with Crippen molar-refractivity contribution in [1.29, 1.82) is 0 Å². The van der Waals surface area contributed by atoms with E-state index < -0.39 is 20.7 Å². The van der Waals surface area contributed by atoms with E-state index in [1.54, 1.807) is 12.1 Å². The summed E-state index contributed by atoms with van der Waals surface area (Å²) in [4.78, 5) is -0.194. The highest BCUT2D eigenvalue weighted by Crippen LogP contribution is 2.26. The Morgan fingerprint density at radius 3 is 2.07 bits per heavy atom. The van der Waals surface area contributed by atoms with Gasteiger partial charge in [-0.25, -0.2) is 0 Å². The average molecular weight is 272 g/mol. The molecule has 0 aliphatic heterocycles. The maximum absolute atomic E-state index is 11.7. The predicted molar refractivity (Wildman–Crippen MR) is 62.7 cm³/mol. The second-order valence-electron chi connectivity index (χ2n) is 2.80.